The number of nitrogens with zero attached hydrogens (tertiary/aromatic N) is 1. The maximum absolute atomic E-state index is 13.3. The lowest BCUT2D eigenvalue weighted by Crippen LogP contribution is -2.37. The summed E-state index contributed by atoms with van der Waals surface area (Å²) in [4.78, 5) is 14.7. The van der Waals surface area contributed by atoms with Gasteiger partial charge in [-0.15, -0.1) is 0 Å². The van der Waals surface area contributed by atoms with Gasteiger partial charge in [0.1, 0.15) is 5.82 Å². The van der Waals surface area contributed by atoms with Gasteiger partial charge in [0.05, 0.1) is 0 Å². The third-order valence-electron chi connectivity index (χ3n) is 5.09. The molecule has 0 saturated carbocycles. The molecule has 24 heavy (non-hydrogen) atoms. The molecule has 1 aliphatic heterocycles. The molecule has 134 valence electrons. The van der Waals surface area contributed by atoms with Crippen LogP contribution in [0.4, 0.5) is 4.39 Å². The lowest BCUT2D eigenvalue weighted by atomic mass is 9.84. The van der Waals surface area contributed by atoms with Crippen LogP contribution in [0.15, 0.2) is 24.3 Å². The summed E-state index contributed by atoms with van der Waals surface area (Å²) in [7, 11) is 0. The van der Waals surface area contributed by atoms with Crippen LogP contribution in [0.3, 0.4) is 0 Å². The van der Waals surface area contributed by atoms with Crippen molar-refractivity contribution in [2.75, 3.05) is 26.2 Å². The van der Waals surface area contributed by atoms with Crippen LogP contribution in [0.5, 0.6) is 0 Å². The molecule has 1 aromatic carbocycles. The first-order valence-corrected chi connectivity index (χ1v) is 9.33. The van der Waals surface area contributed by atoms with Crippen LogP contribution in [0.2, 0.25) is 0 Å². The van der Waals surface area contributed by atoms with Crippen molar-refractivity contribution in [3.63, 3.8) is 0 Å². The zero-order valence-electron chi connectivity index (χ0n) is 15.1. The minimum absolute atomic E-state index is 0.208. The average Bonchev–Trinajstić information content (AvgIpc) is 2.59. The predicted octanol–water partition coefficient (Wildman–Crippen LogP) is 3.63. The number of carbonyl (C=O) groups excluding carboxylic acids is 1. The lowest BCUT2D eigenvalue weighted by molar-refractivity contribution is -0.132. The topological polar surface area (TPSA) is 32.3 Å². The fourth-order valence-corrected chi connectivity index (χ4v) is 3.57. The van der Waals surface area contributed by atoms with E-state index in [1.54, 1.807) is 12.1 Å². The molecule has 0 spiro atoms. The Kier molecular flexibility index (Phi) is 7.70. The zero-order valence-corrected chi connectivity index (χ0v) is 15.1. The van der Waals surface area contributed by atoms with E-state index >= 15 is 0 Å². The standard InChI is InChI=1S/C20H31FN2O/c1-3-12-23(13-9-17-5-4-6-19(21)15-17)20(24)14-16(2)18-7-10-22-11-8-18/h4-6,15-16,18,22H,3,7-14H2,1-2H3. The van der Waals surface area contributed by atoms with E-state index in [0.717, 1.165) is 31.6 Å². The van der Waals surface area contributed by atoms with Gasteiger partial charge in [-0.2, -0.15) is 0 Å². The Labute approximate surface area is 145 Å². The van der Waals surface area contributed by atoms with Crippen LogP contribution in [0.25, 0.3) is 0 Å². The second-order valence-electron chi connectivity index (χ2n) is 7.03. The highest BCUT2D eigenvalue weighted by molar-refractivity contribution is 5.76. The van der Waals surface area contributed by atoms with Gasteiger partial charge in [0.15, 0.2) is 0 Å². The summed E-state index contributed by atoms with van der Waals surface area (Å²) >= 11 is 0. The maximum atomic E-state index is 13.3. The van der Waals surface area contributed by atoms with Crippen molar-refractivity contribution in [3.8, 4) is 0 Å². The van der Waals surface area contributed by atoms with Crippen molar-refractivity contribution in [2.45, 2.75) is 46.0 Å². The van der Waals surface area contributed by atoms with Crippen LogP contribution in [0.1, 0.15) is 45.1 Å². The smallest absolute Gasteiger partial charge is 0.222 e. The number of benzene rings is 1. The molecule has 1 aliphatic rings. The van der Waals surface area contributed by atoms with E-state index in [2.05, 4.69) is 19.2 Å². The monoisotopic (exact) mass is 334 g/mol. The van der Waals surface area contributed by atoms with E-state index < -0.39 is 0 Å². The summed E-state index contributed by atoms with van der Waals surface area (Å²) in [5.41, 5.74) is 0.954. The molecule has 1 fully saturated rings. The van der Waals surface area contributed by atoms with Gasteiger partial charge in [0.25, 0.3) is 0 Å². The normalized spacial score (nSPS) is 16.8. The van der Waals surface area contributed by atoms with Crippen molar-refractivity contribution >= 4 is 5.91 Å². The van der Waals surface area contributed by atoms with Gasteiger partial charge in [-0.3, -0.25) is 4.79 Å². The Morgan fingerprint density at radius 3 is 2.75 bits per heavy atom. The van der Waals surface area contributed by atoms with E-state index in [0.29, 0.717) is 31.2 Å². The van der Waals surface area contributed by atoms with Gasteiger partial charge in [0, 0.05) is 19.5 Å². The van der Waals surface area contributed by atoms with Crippen molar-refractivity contribution in [1.29, 1.82) is 0 Å². The Hall–Kier alpha value is -1.42. The van der Waals surface area contributed by atoms with E-state index in [1.807, 2.05) is 11.0 Å². The molecule has 0 bridgehead atoms. The predicted molar refractivity (Wildman–Crippen MR) is 96.3 cm³/mol. The van der Waals surface area contributed by atoms with Gasteiger partial charge >= 0.3 is 0 Å². The SMILES string of the molecule is CCCN(CCc1cccc(F)c1)C(=O)CC(C)C1CCNCC1. The Morgan fingerprint density at radius 2 is 2.08 bits per heavy atom. The number of piperidine rings is 1. The Balaban J connectivity index is 1.86. The highest BCUT2D eigenvalue weighted by atomic mass is 19.1. The summed E-state index contributed by atoms with van der Waals surface area (Å²) in [5.74, 6) is 1.13. The van der Waals surface area contributed by atoms with Crippen LogP contribution in [0, 0.1) is 17.7 Å². The average molecular weight is 334 g/mol. The fourth-order valence-electron chi connectivity index (χ4n) is 3.57. The number of amides is 1. The van der Waals surface area contributed by atoms with Gasteiger partial charge in [-0.1, -0.05) is 26.0 Å². The fraction of sp³-hybridized carbons (Fsp3) is 0.650. The van der Waals surface area contributed by atoms with Crippen LogP contribution >= 0.6 is 0 Å². The molecule has 1 N–H and O–H groups in total. The molecule has 1 unspecified atom stereocenters. The molecule has 0 aromatic heterocycles. The molecular weight excluding hydrogens is 303 g/mol. The minimum Gasteiger partial charge on any atom is -0.342 e. The van der Waals surface area contributed by atoms with Crippen molar-refractivity contribution in [3.05, 3.63) is 35.6 Å². The molecule has 2 rings (SSSR count). The van der Waals surface area contributed by atoms with E-state index in [4.69, 9.17) is 0 Å². The maximum Gasteiger partial charge on any atom is 0.222 e. The molecule has 1 amide bonds. The van der Waals surface area contributed by atoms with Crippen molar-refractivity contribution in [1.82, 2.24) is 10.2 Å². The number of nitrogens with one attached hydrogen (secondary N) is 1. The second kappa shape index (κ2) is 9.77. The molecule has 1 atom stereocenters. The number of hydrogen-bond donors (Lipinski definition) is 1. The summed E-state index contributed by atoms with van der Waals surface area (Å²) in [6.07, 6.45) is 4.65. The van der Waals surface area contributed by atoms with Crippen molar-refractivity contribution < 1.29 is 9.18 Å². The van der Waals surface area contributed by atoms with Crippen LogP contribution < -0.4 is 5.32 Å². The molecule has 0 radical (unpaired) electrons. The largest absolute Gasteiger partial charge is 0.342 e. The third kappa shape index (κ3) is 5.90. The second-order valence-corrected chi connectivity index (χ2v) is 7.03. The van der Waals surface area contributed by atoms with E-state index in [1.165, 1.54) is 18.9 Å². The molecule has 3 nitrogen and oxygen atoms in total. The molecule has 1 heterocycles. The molecule has 1 saturated heterocycles. The first-order chi connectivity index (χ1) is 11.6. The summed E-state index contributed by atoms with van der Waals surface area (Å²) in [6.45, 7) is 7.91. The molecular formula is C20H31FN2O. The highest BCUT2D eigenvalue weighted by Gasteiger charge is 2.24. The zero-order chi connectivity index (χ0) is 17.4. The number of hydrogen-bond acceptors (Lipinski definition) is 2. The lowest BCUT2D eigenvalue weighted by Gasteiger charge is -2.30. The highest BCUT2D eigenvalue weighted by Crippen LogP contribution is 2.25. The van der Waals surface area contributed by atoms with Gasteiger partial charge < -0.3 is 10.2 Å². The molecule has 4 heteroatoms. The summed E-state index contributed by atoms with van der Waals surface area (Å²) < 4.78 is 13.3. The van der Waals surface area contributed by atoms with Gasteiger partial charge in [0.2, 0.25) is 5.91 Å². The van der Waals surface area contributed by atoms with Crippen LogP contribution in [-0.4, -0.2) is 37.0 Å². The first kappa shape index (κ1) is 18.9. The number of halogens is 1. The number of carbonyl (C=O) groups is 1. The minimum atomic E-state index is -0.208. The van der Waals surface area contributed by atoms with Crippen LogP contribution in [-0.2, 0) is 11.2 Å². The quantitative estimate of drug-likeness (QED) is 0.787. The van der Waals surface area contributed by atoms with Gasteiger partial charge in [-0.25, -0.2) is 4.39 Å². The van der Waals surface area contributed by atoms with Crippen molar-refractivity contribution in [2.24, 2.45) is 11.8 Å². The first-order valence-electron chi connectivity index (χ1n) is 9.33. The van der Waals surface area contributed by atoms with E-state index in [-0.39, 0.29) is 11.7 Å². The number of rotatable bonds is 8. The van der Waals surface area contributed by atoms with Gasteiger partial charge in [-0.05, 0) is 68.3 Å². The van der Waals surface area contributed by atoms with E-state index in [9.17, 15) is 9.18 Å². The Bertz CT molecular complexity index is 514. The summed E-state index contributed by atoms with van der Waals surface area (Å²) in [5, 5.41) is 3.38. The molecule has 0 aliphatic carbocycles. The summed E-state index contributed by atoms with van der Waals surface area (Å²) in [6, 6.07) is 6.68. The third-order valence-corrected chi connectivity index (χ3v) is 5.09. The molecule has 1 aromatic rings. The Morgan fingerprint density at radius 1 is 1.33 bits per heavy atom.